The molecule has 0 radical (unpaired) electrons. The number of benzene rings is 4. The molecule has 0 atom stereocenters. The Labute approximate surface area is 230 Å². The first kappa shape index (κ1) is 25.9. The maximum atomic E-state index is 6.62. The van der Waals surface area contributed by atoms with Crippen LogP contribution in [0.4, 0.5) is 0 Å². The number of hydrogen-bond donors (Lipinski definition) is 0. The molecule has 2 saturated carbocycles. The predicted molar refractivity (Wildman–Crippen MR) is 168 cm³/mol. The van der Waals surface area contributed by atoms with Gasteiger partial charge in [-0.1, -0.05) is 127 Å². The van der Waals surface area contributed by atoms with E-state index < -0.39 is 0 Å². The normalized spacial score (nSPS) is 17.4. The van der Waals surface area contributed by atoms with Gasteiger partial charge in [-0.25, -0.2) is 0 Å². The summed E-state index contributed by atoms with van der Waals surface area (Å²) in [6.07, 6.45) is 16.4. The molecule has 1 nitrogen and oxygen atoms in total. The van der Waals surface area contributed by atoms with E-state index in [2.05, 4.69) is 79.7 Å². The summed E-state index contributed by atoms with van der Waals surface area (Å²) < 4.78 is 6.62. The van der Waals surface area contributed by atoms with Crippen LogP contribution in [0.15, 0.2) is 72.8 Å². The molecule has 4 aromatic carbocycles. The number of rotatable bonds is 8. The Balaban J connectivity index is 1.62. The van der Waals surface area contributed by atoms with Crippen LogP contribution in [0.25, 0.3) is 32.7 Å². The van der Waals surface area contributed by atoms with E-state index in [0.717, 1.165) is 36.5 Å². The molecule has 38 heavy (non-hydrogen) atoms. The van der Waals surface area contributed by atoms with E-state index in [-0.39, 0.29) is 7.92 Å². The topological polar surface area (TPSA) is 9.23 Å². The fourth-order valence-electron chi connectivity index (χ4n) is 7.10. The van der Waals surface area contributed by atoms with Crippen LogP contribution in [-0.2, 0) is 0 Å². The van der Waals surface area contributed by atoms with Crippen molar-refractivity contribution < 1.29 is 4.74 Å². The quantitative estimate of drug-likeness (QED) is 0.165. The van der Waals surface area contributed by atoms with Crippen LogP contribution in [0.5, 0.6) is 5.75 Å². The van der Waals surface area contributed by atoms with Crippen LogP contribution in [0.2, 0.25) is 0 Å². The van der Waals surface area contributed by atoms with Crippen molar-refractivity contribution in [1.29, 1.82) is 0 Å². The zero-order valence-corrected chi connectivity index (χ0v) is 24.0. The molecule has 0 aromatic heterocycles. The van der Waals surface area contributed by atoms with Crippen LogP contribution in [0.3, 0.4) is 0 Å². The Morgan fingerprint density at radius 3 is 1.79 bits per heavy atom. The molecule has 6 rings (SSSR count). The smallest absolute Gasteiger partial charge is 0.127 e. The number of ether oxygens (including phenoxy) is 1. The highest BCUT2D eigenvalue weighted by Gasteiger charge is 2.35. The zero-order valence-electron chi connectivity index (χ0n) is 23.1. The van der Waals surface area contributed by atoms with Crippen molar-refractivity contribution in [3.05, 3.63) is 72.8 Å². The molecule has 0 saturated heterocycles. The molecule has 0 bridgehead atoms. The van der Waals surface area contributed by atoms with Crippen LogP contribution in [-0.4, -0.2) is 17.9 Å². The predicted octanol–water partition coefficient (Wildman–Crippen LogP) is 10.6. The van der Waals surface area contributed by atoms with E-state index in [1.54, 1.807) is 5.30 Å². The summed E-state index contributed by atoms with van der Waals surface area (Å²) in [5.74, 6) is 1.07. The molecule has 0 aliphatic heterocycles. The van der Waals surface area contributed by atoms with Crippen molar-refractivity contribution in [2.24, 2.45) is 0 Å². The molecule has 0 heterocycles. The van der Waals surface area contributed by atoms with E-state index in [4.69, 9.17) is 4.74 Å². The van der Waals surface area contributed by atoms with Gasteiger partial charge in [0.25, 0.3) is 0 Å². The van der Waals surface area contributed by atoms with Gasteiger partial charge in [0, 0.05) is 11.1 Å². The van der Waals surface area contributed by atoms with Gasteiger partial charge in [0.05, 0.1) is 6.61 Å². The lowest BCUT2D eigenvalue weighted by Gasteiger charge is -2.40. The van der Waals surface area contributed by atoms with E-state index in [0.29, 0.717) is 0 Å². The van der Waals surface area contributed by atoms with Gasteiger partial charge in [-0.05, 0) is 76.3 Å². The minimum atomic E-state index is -0.249. The lowest BCUT2D eigenvalue weighted by Crippen LogP contribution is -2.27. The Kier molecular flexibility index (Phi) is 8.32. The second-order valence-electron chi connectivity index (χ2n) is 11.5. The van der Waals surface area contributed by atoms with Gasteiger partial charge in [-0.3, -0.25) is 0 Å². The summed E-state index contributed by atoms with van der Waals surface area (Å²) in [5, 5.41) is 7.06. The van der Waals surface area contributed by atoms with Crippen LogP contribution in [0, 0.1) is 0 Å². The minimum absolute atomic E-state index is 0.249. The highest BCUT2D eigenvalue weighted by molar-refractivity contribution is 7.67. The van der Waals surface area contributed by atoms with Gasteiger partial charge in [-0.15, -0.1) is 0 Å². The lowest BCUT2D eigenvalue weighted by atomic mass is 9.93. The highest BCUT2D eigenvalue weighted by atomic mass is 31.1. The Morgan fingerprint density at radius 1 is 0.632 bits per heavy atom. The lowest BCUT2D eigenvalue weighted by molar-refractivity contribution is 0.311. The molecule has 0 N–H and O–H groups in total. The first-order valence-corrected chi connectivity index (χ1v) is 16.8. The third-order valence-corrected chi connectivity index (χ3v) is 12.6. The molecule has 2 fully saturated rings. The van der Waals surface area contributed by atoms with Crippen molar-refractivity contribution in [2.75, 3.05) is 6.61 Å². The fraction of sp³-hybridized carbons (Fsp3) is 0.444. The third-order valence-electron chi connectivity index (χ3n) is 9.02. The summed E-state index contributed by atoms with van der Waals surface area (Å²) in [4.78, 5) is 0. The fourth-order valence-corrected chi connectivity index (χ4v) is 11.1. The Hall–Kier alpha value is -2.37. The van der Waals surface area contributed by atoms with Gasteiger partial charge in [0.15, 0.2) is 0 Å². The molecule has 0 unspecified atom stereocenters. The van der Waals surface area contributed by atoms with Crippen molar-refractivity contribution in [3.63, 3.8) is 0 Å². The summed E-state index contributed by atoms with van der Waals surface area (Å²) in [7, 11) is -0.249. The van der Waals surface area contributed by atoms with Gasteiger partial charge >= 0.3 is 0 Å². The number of unbranched alkanes of at least 4 members (excludes halogenated alkanes) is 1. The van der Waals surface area contributed by atoms with E-state index >= 15 is 0 Å². The van der Waals surface area contributed by atoms with Gasteiger partial charge in [0.1, 0.15) is 5.75 Å². The van der Waals surface area contributed by atoms with E-state index in [1.807, 2.05) is 0 Å². The molecule has 0 amide bonds. The molecule has 2 heteroatoms. The highest BCUT2D eigenvalue weighted by Crippen LogP contribution is 2.57. The molecule has 198 valence electrons. The molecule has 2 aliphatic carbocycles. The summed E-state index contributed by atoms with van der Waals surface area (Å²) >= 11 is 0. The Morgan fingerprint density at radius 2 is 1.18 bits per heavy atom. The van der Waals surface area contributed by atoms with Crippen LogP contribution in [0.1, 0.15) is 84.0 Å². The minimum Gasteiger partial charge on any atom is -0.493 e. The Bertz CT molecular complexity index is 1340. The summed E-state index contributed by atoms with van der Waals surface area (Å²) in [6.45, 7) is 3.02. The molecule has 4 aromatic rings. The average Bonchev–Trinajstić information content (AvgIpc) is 2.98. The average molecular weight is 523 g/mol. The van der Waals surface area contributed by atoms with Crippen molar-refractivity contribution in [2.45, 2.75) is 95.3 Å². The second-order valence-corrected chi connectivity index (χ2v) is 14.3. The third kappa shape index (κ3) is 5.24. The SMILES string of the molecule is CCCCOc1ccc2ccccc2c1-c1c(P(C2CCCCC2)C2CCCCC2)ccc2ccccc12. The number of fused-ring (bicyclic) bond motifs is 2. The molecule has 0 spiro atoms. The molecule has 2 aliphatic rings. The van der Waals surface area contributed by atoms with Crippen LogP contribution >= 0.6 is 7.92 Å². The van der Waals surface area contributed by atoms with Crippen molar-refractivity contribution in [1.82, 2.24) is 0 Å². The summed E-state index contributed by atoms with van der Waals surface area (Å²) in [5.41, 5.74) is 4.54. The maximum Gasteiger partial charge on any atom is 0.127 e. The second kappa shape index (κ2) is 12.2. The zero-order chi connectivity index (χ0) is 25.7. The first-order chi connectivity index (χ1) is 18.8. The van der Waals surface area contributed by atoms with Gasteiger partial charge in [-0.2, -0.15) is 0 Å². The number of hydrogen-bond acceptors (Lipinski definition) is 1. The van der Waals surface area contributed by atoms with Gasteiger partial charge < -0.3 is 4.74 Å². The van der Waals surface area contributed by atoms with Crippen LogP contribution < -0.4 is 10.0 Å². The summed E-state index contributed by atoms with van der Waals surface area (Å²) in [6, 6.07) is 27.6. The molecular formula is C36H43OP. The maximum absolute atomic E-state index is 6.62. The van der Waals surface area contributed by atoms with Gasteiger partial charge in [0.2, 0.25) is 0 Å². The largest absolute Gasteiger partial charge is 0.493 e. The van der Waals surface area contributed by atoms with E-state index in [1.165, 1.54) is 96.9 Å². The van der Waals surface area contributed by atoms with Crippen molar-refractivity contribution >= 4 is 34.8 Å². The van der Waals surface area contributed by atoms with Crippen molar-refractivity contribution in [3.8, 4) is 16.9 Å². The molecular weight excluding hydrogens is 479 g/mol. The first-order valence-electron chi connectivity index (χ1n) is 15.3. The monoisotopic (exact) mass is 522 g/mol. The van der Waals surface area contributed by atoms with E-state index in [9.17, 15) is 0 Å². The standard InChI is InChI=1S/C36H43OP/c1-2-3-26-37-33-24-22-27-14-10-12-20-31(27)35(33)36-32-21-13-11-15-28(32)23-25-34(36)38(29-16-6-4-7-17-29)30-18-8-5-9-19-30/h10-15,20-25,29-30H,2-9,16-19,26H2,1H3.